The summed E-state index contributed by atoms with van der Waals surface area (Å²) in [5, 5.41) is 13.0. The summed E-state index contributed by atoms with van der Waals surface area (Å²) in [5.41, 5.74) is 5.93. The molecule has 1 aliphatic carbocycles. The molecule has 1 aromatic carbocycles. The summed E-state index contributed by atoms with van der Waals surface area (Å²) >= 11 is 2.98. The summed E-state index contributed by atoms with van der Waals surface area (Å²) in [6, 6.07) is 12.9. The van der Waals surface area contributed by atoms with Crippen LogP contribution in [0.2, 0.25) is 0 Å². The number of carbonyl (C=O) groups is 2. The van der Waals surface area contributed by atoms with Gasteiger partial charge in [-0.05, 0) is 29.9 Å². The third-order valence-corrected chi connectivity index (χ3v) is 6.46. The average Bonchev–Trinajstić information content (AvgIpc) is 3.23. The molecular weight excluding hydrogens is 394 g/mol. The Kier molecular flexibility index (Phi) is 5.45. The highest BCUT2D eigenvalue weighted by Crippen LogP contribution is 2.42. The van der Waals surface area contributed by atoms with E-state index in [0.717, 1.165) is 24.2 Å². The highest BCUT2D eigenvalue weighted by molar-refractivity contribution is 8.00. The molecule has 3 aromatic rings. The minimum atomic E-state index is -0.867. The van der Waals surface area contributed by atoms with Crippen LogP contribution in [0.1, 0.15) is 40.4 Å². The van der Waals surface area contributed by atoms with Gasteiger partial charge in [0.2, 0.25) is 5.91 Å². The highest BCUT2D eigenvalue weighted by Gasteiger charge is 2.32. The van der Waals surface area contributed by atoms with E-state index in [1.165, 1.54) is 16.6 Å². The van der Waals surface area contributed by atoms with Crippen LogP contribution in [0.25, 0.3) is 0 Å². The zero-order valence-corrected chi connectivity index (χ0v) is 16.6. The quantitative estimate of drug-likeness (QED) is 0.579. The van der Waals surface area contributed by atoms with Crippen LogP contribution < -0.4 is 11.1 Å². The molecule has 1 aliphatic rings. The van der Waals surface area contributed by atoms with Crippen molar-refractivity contribution in [3.05, 3.63) is 64.1 Å². The topological polar surface area (TPSA) is 103 Å². The molecule has 0 spiro atoms. The molecule has 2 heterocycles. The van der Waals surface area contributed by atoms with Gasteiger partial charge in [0.15, 0.2) is 5.16 Å². The van der Waals surface area contributed by atoms with Crippen LogP contribution in [-0.2, 0) is 11.2 Å². The number of nitrogens with zero attached hydrogens (tertiary/aromatic N) is 3. The number of thiophene rings is 1. The van der Waals surface area contributed by atoms with Gasteiger partial charge >= 0.3 is 6.03 Å². The minimum absolute atomic E-state index is 0.364. The lowest BCUT2D eigenvalue weighted by atomic mass is 10.1. The van der Waals surface area contributed by atoms with Gasteiger partial charge in [-0.2, -0.15) is 0 Å². The Morgan fingerprint density at radius 3 is 2.64 bits per heavy atom. The molecule has 3 N–H and O–H groups in total. The largest absolute Gasteiger partial charge is 0.351 e. The molecule has 2 aromatic heterocycles. The highest BCUT2D eigenvalue weighted by atomic mass is 32.2. The second-order valence-electron chi connectivity index (χ2n) is 6.52. The molecule has 1 saturated carbocycles. The van der Waals surface area contributed by atoms with E-state index in [0.29, 0.717) is 17.6 Å². The summed E-state index contributed by atoms with van der Waals surface area (Å²) in [7, 11) is 0. The molecule has 144 valence electrons. The molecule has 28 heavy (non-hydrogen) atoms. The third-order valence-electron chi connectivity index (χ3n) is 4.37. The van der Waals surface area contributed by atoms with E-state index in [-0.39, 0.29) is 0 Å². The lowest BCUT2D eigenvalue weighted by molar-refractivity contribution is -0.119. The van der Waals surface area contributed by atoms with Crippen molar-refractivity contribution < 1.29 is 9.59 Å². The Morgan fingerprint density at radius 2 is 2.00 bits per heavy atom. The van der Waals surface area contributed by atoms with Crippen molar-refractivity contribution in [3.63, 3.8) is 0 Å². The number of imide groups is 1. The fourth-order valence-electron chi connectivity index (χ4n) is 2.97. The van der Waals surface area contributed by atoms with Crippen LogP contribution in [0.4, 0.5) is 4.79 Å². The van der Waals surface area contributed by atoms with E-state index in [4.69, 9.17) is 5.73 Å². The van der Waals surface area contributed by atoms with Gasteiger partial charge in [-0.15, -0.1) is 21.5 Å². The number of urea groups is 1. The van der Waals surface area contributed by atoms with Crippen LogP contribution in [0.5, 0.6) is 0 Å². The number of nitrogens with one attached hydrogen (secondary N) is 1. The molecule has 0 radical (unpaired) electrons. The standard InChI is InChI=1S/C19H19N5O2S2/c20-18(26)21-17(25)16(12-5-2-1-3-6-12)28-19-23-22-15(24(19)13-8-9-13)11-14-7-4-10-27-14/h1-7,10,13,16H,8-9,11H2,(H3,20,21,25,26)/t16-/m0/s1. The monoisotopic (exact) mass is 413 g/mol. The number of benzene rings is 1. The van der Waals surface area contributed by atoms with Gasteiger partial charge in [-0.25, -0.2) is 4.79 Å². The van der Waals surface area contributed by atoms with E-state index < -0.39 is 17.2 Å². The van der Waals surface area contributed by atoms with Crippen molar-refractivity contribution in [1.29, 1.82) is 0 Å². The lowest BCUT2D eigenvalue weighted by Crippen LogP contribution is -2.37. The zero-order valence-electron chi connectivity index (χ0n) is 14.9. The van der Waals surface area contributed by atoms with Crippen LogP contribution >= 0.6 is 23.1 Å². The zero-order chi connectivity index (χ0) is 19.5. The number of hydrogen-bond donors (Lipinski definition) is 2. The normalized spacial score (nSPS) is 14.6. The van der Waals surface area contributed by atoms with Gasteiger partial charge in [-0.3, -0.25) is 10.1 Å². The summed E-state index contributed by atoms with van der Waals surface area (Å²) in [6.07, 6.45) is 2.87. The number of amides is 3. The number of primary amides is 1. The number of carbonyl (C=O) groups excluding carboxylic acids is 2. The molecule has 0 saturated heterocycles. The van der Waals surface area contributed by atoms with E-state index >= 15 is 0 Å². The van der Waals surface area contributed by atoms with Crippen molar-refractivity contribution in [1.82, 2.24) is 20.1 Å². The summed E-state index contributed by atoms with van der Waals surface area (Å²) in [6.45, 7) is 0. The van der Waals surface area contributed by atoms with E-state index in [2.05, 4.69) is 26.1 Å². The predicted molar refractivity (Wildman–Crippen MR) is 108 cm³/mol. The van der Waals surface area contributed by atoms with E-state index in [1.54, 1.807) is 11.3 Å². The number of aromatic nitrogens is 3. The average molecular weight is 414 g/mol. The van der Waals surface area contributed by atoms with Crippen LogP contribution in [0.3, 0.4) is 0 Å². The number of rotatable bonds is 7. The predicted octanol–water partition coefficient (Wildman–Crippen LogP) is 3.29. The van der Waals surface area contributed by atoms with Gasteiger partial charge in [0, 0.05) is 17.3 Å². The molecule has 1 atom stereocenters. The smallest absolute Gasteiger partial charge is 0.318 e. The molecule has 7 nitrogen and oxygen atoms in total. The molecule has 0 aliphatic heterocycles. The van der Waals surface area contributed by atoms with Crippen molar-refractivity contribution in [2.24, 2.45) is 5.73 Å². The molecular formula is C19H19N5O2S2. The Balaban J connectivity index is 1.64. The Hall–Kier alpha value is -2.65. The maximum absolute atomic E-state index is 12.6. The van der Waals surface area contributed by atoms with Crippen molar-refractivity contribution in [3.8, 4) is 0 Å². The number of thioether (sulfide) groups is 1. The van der Waals surface area contributed by atoms with Gasteiger partial charge in [0.1, 0.15) is 11.1 Å². The second kappa shape index (κ2) is 8.15. The fourth-order valence-corrected chi connectivity index (χ4v) is 4.80. The van der Waals surface area contributed by atoms with Crippen molar-refractivity contribution >= 4 is 35.0 Å². The van der Waals surface area contributed by atoms with E-state index in [9.17, 15) is 9.59 Å². The van der Waals surface area contributed by atoms with E-state index in [1.807, 2.05) is 41.8 Å². The number of nitrogens with two attached hydrogens (primary N) is 1. The van der Waals surface area contributed by atoms with Gasteiger partial charge in [-0.1, -0.05) is 48.2 Å². The van der Waals surface area contributed by atoms with Crippen LogP contribution in [0.15, 0.2) is 53.0 Å². The van der Waals surface area contributed by atoms with Gasteiger partial charge in [0.05, 0.1) is 0 Å². The molecule has 0 bridgehead atoms. The first-order valence-electron chi connectivity index (χ1n) is 8.90. The fraction of sp³-hybridized carbons (Fsp3) is 0.263. The van der Waals surface area contributed by atoms with Crippen LogP contribution in [-0.4, -0.2) is 26.7 Å². The second-order valence-corrected chi connectivity index (χ2v) is 8.62. The Bertz CT molecular complexity index is 968. The van der Waals surface area contributed by atoms with Crippen molar-refractivity contribution in [2.45, 2.75) is 35.7 Å². The van der Waals surface area contributed by atoms with Gasteiger partial charge in [0.25, 0.3) is 0 Å². The first-order valence-corrected chi connectivity index (χ1v) is 10.7. The molecule has 1 fully saturated rings. The molecule has 3 amide bonds. The Labute approximate surface area is 170 Å². The summed E-state index contributed by atoms with van der Waals surface area (Å²) in [4.78, 5) is 25.1. The first kappa shape index (κ1) is 18.7. The van der Waals surface area contributed by atoms with Crippen molar-refractivity contribution in [2.75, 3.05) is 0 Å². The Morgan fingerprint density at radius 1 is 1.21 bits per heavy atom. The molecule has 4 rings (SSSR count). The molecule has 0 unspecified atom stereocenters. The summed E-state index contributed by atoms with van der Waals surface area (Å²) < 4.78 is 2.14. The maximum Gasteiger partial charge on any atom is 0.318 e. The SMILES string of the molecule is NC(=O)NC(=O)[C@@H](Sc1nnc(Cc2cccs2)n1C1CC1)c1ccccc1. The molecule has 9 heteroatoms. The lowest BCUT2D eigenvalue weighted by Gasteiger charge is -2.16. The number of hydrogen-bond acceptors (Lipinski definition) is 6. The minimum Gasteiger partial charge on any atom is -0.351 e. The maximum atomic E-state index is 12.6. The van der Waals surface area contributed by atoms with Gasteiger partial charge < -0.3 is 10.3 Å². The van der Waals surface area contributed by atoms with Crippen LogP contribution in [0, 0.1) is 0 Å². The summed E-state index contributed by atoms with van der Waals surface area (Å²) in [5.74, 6) is 0.434. The third kappa shape index (κ3) is 4.26. The first-order chi connectivity index (χ1) is 13.6.